The van der Waals surface area contributed by atoms with Crippen molar-refractivity contribution in [3.63, 3.8) is 0 Å². The van der Waals surface area contributed by atoms with Gasteiger partial charge in [-0.2, -0.15) is 0 Å². The molecule has 0 saturated carbocycles. The lowest BCUT2D eigenvalue weighted by molar-refractivity contribution is 0.0535. The van der Waals surface area contributed by atoms with E-state index in [0.29, 0.717) is 37.3 Å². The van der Waals surface area contributed by atoms with Crippen LogP contribution in [0.25, 0.3) is 11.1 Å². The first-order chi connectivity index (χ1) is 14.1. The third-order valence-corrected chi connectivity index (χ3v) is 5.16. The zero-order chi connectivity index (χ0) is 20.2. The van der Waals surface area contributed by atoms with Gasteiger partial charge in [-0.05, 0) is 41.5 Å². The number of nitrogens with zero attached hydrogens (tertiary/aromatic N) is 2. The molecule has 4 nitrogen and oxygen atoms in total. The molecule has 2 amide bonds. The van der Waals surface area contributed by atoms with Gasteiger partial charge in [0.2, 0.25) is 0 Å². The number of carbonyl (C=O) groups is 2. The Morgan fingerprint density at radius 2 is 1.17 bits per heavy atom. The maximum atomic E-state index is 13.4. The molecule has 1 heterocycles. The van der Waals surface area contributed by atoms with E-state index in [4.69, 9.17) is 0 Å². The van der Waals surface area contributed by atoms with Gasteiger partial charge in [-0.1, -0.05) is 48.5 Å². The molecule has 1 fully saturated rings. The topological polar surface area (TPSA) is 40.6 Å². The van der Waals surface area contributed by atoms with Crippen molar-refractivity contribution in [2.75, 3.05) is 26.2 Å². The van der Waals surface area contributed by atoms with Crippen LogP contribution in [-0.4, -0.2) is 47.8 Å². The van der Waals surface area contributed by atoms with Crippen molar-refractivity contribution in [3.05, 3.63) is 95.8 Å². The van der Waals surface area contributed by atoms with E-state index < -0.39 is 5.82 Å². The molecule has 5 heteroatoms. The van der Waals surface area contributed by atoms with Crippen LogP contribution in [0.2, 0.25) is 0 Å². The molecular formula is C24H21FN2O2. The number of hydrogen-bond acceptors (Lipinski definition) is 2. The second-order valence-corrected chi connectivity index (χ2v) is 7.04. The summed E-state index contributed by atoms with van der Waals surface area (Å²) in [7, 11) is 0. The van der Waals surface area contributed by atoms with Crippen LogP contribution in [0.3, 0.4) is 0 Å². The number of carbonyl (C=O) groups excluding carboxylic acids is 2. The van der Waals surface area contributed by atoms with Crippen LogP contribution in [0.1, 0.15) is 20.7 Å². The first kappa shape index (κ1) is 18.9. The van der Waals surface area contributed by atoms with Crippen LogP contribution in [0.15, 0.2) is 78.9 Å². The number of rotatable bonds is 3. The molecule has 1 saturated heterocycles. The largest absolute Gasteiger partial charge is 0.335 e. The fraction of sp³-hybridized carbons (Fsp3) is 0.167. The minimum absolute atomic E-state index is 0.0394. The van der Waals surface area contributed by atoms with Crippen molar-refractivity contribution in [2.24, 2.45) is 0 Å². The average Bonchev–Trinajstić information content (AvgIpc) is 2.79. The predicted octanol–water partition coefficient (Wildman–Crippen LogP) is 4.09. The second kappa shape index (κ2) is 8.27. The molecule has 29 heavy (non-hydrogen) atoms. The van der Waals surface area contributed by atoms with Crippen molar-refractivity contribution < 1.29 is 14.0 Å². The van der Waals surface area contributed by atoms with Gasteiger partial charge in [0.25, 0.3) is 11.8 Å². The zero-order valence-electron chi connectivity index (χ0n) is 15.9. The van der Waals surface area contributed by atoms with Gasteiger partial charge in [0.1, 0.15) is 5.82 Å². The lowest BCUT2D eigenvalue weighted by Gasteiger charge is -2.35. The average molecular weight is 388 g/mol. The first-order valence-electron chi connectivity index (χ1n) is 9.61. The van der Waals surface area contributed by atoms with E-state index in [1.54, 1.807) is 15.9 Å². The third-order valence-electron chi connectivity index (χ3n) is 5.16. The van der Waals surface area contributed by atoms with Gasteiger partial charge in [-0.25, -0.2) is 4.39 Å². The van der Waals surface area contributed by atoms with Gasteiger partial charge < -0.3 is 9.80 Å². The van der Waals surface area contributed by atoms with Gasteiger partial charge in [0.15, 0.2) is 0 Å². The summed E-state index contributed by atoms with van der Waals surface area (Å²) in [6.45, 7) is 1.78. The van der Waals surface area contributed by atoms with Crippen molar-refractivity contribution in [2.45, 2.75) is 0 Å². The van der Waals surface area contributed by atoms with Crippen LogP contribution < -0.4 is 0 Å². The second-order valence-electron chi connectivity index (χ2n) is 7.04. The van der Waals surface area contributed by atoms with E-state index in [1.807, 2.05) is 54.6 Å². The van der Waals surface area contributed by atoms with Crippen LogP contribution >= 0.6 is 0 Å². The van der Waals surface area contributed by atoms with E-state index >= 15 is 0 Å². The molecule has 0 atom stereocenters. The summed E-state index contributed by atoms with van der Waals surface area (Å²) < 4.78 is 13.4. The molecule has 3 aromatic carbocycles. The Bertz CT molecular complexity index is 1010. The van der Waals surface area contributed by atoms with Gasteiger partial charge in [0, 0.05) is 37.3 Å². The highest BCUT2D eigenvalue weighted by molar-refractivity contribution is 5.96. The summed E-state index contributed by atoms with van der Waals surface area (Å²) in [5.74, 6) is -0.671. The molecule has 0 aromatic heterocycles. The monoisotopic (exact) mass is 388 g/mol. The van der Waals surface area contributed by atoms with Crippen molar-refractivity contribution in [1.82, 2.24) is 9.80 Å². The number of amides is 2. The number of halogens is 1. The quantitative estimate of drug-likeness (QED) is 0.678. The summed E-state index contributed by atoms with van der Waals surface area (Å²) in [6, 6.07) is 23.3. The summed E-state index contributed by atoms with van der Waals surface area (Å²) in [4.78, 5) is 28.8. The van der Waals surface area contributed by atoms with Crippen molar-refractivity contribution in [3.8, 4) is 11.1 Å². The Morgan fingerprint density at radius 1 is 0.621 bits per heavy atom. The maximum Gasteiger partial charge on any atom is 0.254 e. The number of piperazine rings is 1. The Labute approximate surface area is 169 Å². The summed E-state index contributed by atoms with van der Waals surface area (Å²) in [6.07, 6.45) is 0. The van der Waals surface area contributed by atoms with Crippen LogP contribution in [0.5, 0.6) is 0 Å². The van der Waals surface area contributed by atoms with Crippen LogP contribution in [0, 0.1) is 5.82 Å². The van der Waals surface area contributed by atoms with E-state index in [1.165, 1.54) is 18.2 Å². The fourth-order valence-electron chi connectivity index (χ4n) is 3.54. The Morgan fingerprint density at radius 3 is 1.76 bits per heavy atom. The Balaban J connectivity index is 1.38. The normalized spacial score (nSPS) is 14.0. The fourth-order valence-corrected chi connectivity index (χ4v) is 3.54. The summed E-state index contributed by atoms with van der Waals surface area (Å²) in [5.41, 5.74) is 3.14. The third kappa shape index (κ3) is 4.19. The van der Waals surface area contributed by atoms with Crippen LogP contribution in [-0.2, 0) is 0 Å². The highest BCUT2D eigenvalue weighted by Gasteiger charge is 2.25. The zero-order valence-corrected chi connectivity index (χ0v) is 15.9. The predicted molar refractivity (Wildman–Crippen MR) is 110 cm³/mol. The SMILES string of the molecule is O=C(c1ccc(-c2ccccc2)cc1)N1CCN(C(=O)c2cccc(F)c2)CC1. The standard InChI is InChI=1S/C24H21FN2O2/c25-22-8-4-7-21(17-22)24(29)27-15-13-26(14-16-27)23(28)20-11-9-19(10-12-20)18-5-2-1-3-6-18/h1-12,17H,13-16H2. The van der Waals surface area contributed by atoms with Crippen molar-refractivity contribution in [1.29, 1.82) is 0 Å². The van der Waals surface area contributed by atoms with Gasteiger partial charge in [-0.15, -0.1) is 0 Å². The molecule has 0 spiro atoms. The first-order valence-corrected chi connectivity index (χ1v) is 9.61. The van der Waals surface area contributed by atoms with Gasteiger partial charge in [-0.3, -0.25) is 9.59 Å². The van der Waals surface area contributed by atoms with E-state index in [0.717, 1.165) is 11.1 Å². The van der Waals surface area contributed by atoms with Crippen molar-refractivity contribution >= 4 is 11.8 Å². The molecule has 0 radical (unpaired) electrons. The molecular weight excluding hydrogens is 367 g/mol. The molecule has 4 rings (SSSR count). The molecule has 1 aliphatic rings. The molecule has 3 aromatic rings. The minimum Gasteiger partial charge on any atom is -0.335 e. The molecule has 0 aliphatic carbocycles. The Kier molecular flexibility index (Phi) is 5.38. The van der Waals surface area contributed by atoms with E-state index in [9.17, 15) is 14.0 Å². The lowest BCUT2D eigenvalue weighted by Crippen LogP contribution is -2.50. The molecule has 1 aliphatic heterocycles. The highest BCUT2D eigenvalue weighted by atomic mass is 19.1. The summed E-state index contributed by atoms with van der Waals surface area (Å²) in [5, 5.41) is 0. The molecule has 146 valence electrons. The highest BCUT2D eigenvalue weighted by Crippen LogP contribution is 2.20. The van der Waals surface area contributed by atoms with Gasteiger partial charge >= 0.3 is 0 Å². The molecule has 0 unspecified atom stereocenters. The van der Waals surface area contributed by atoms with Gasteiger partial charge in [0.05, 0.1) is 0 Å². The Hall–Kier alpha value is -3.47. The molecule has 0 N–H and O–H groups in total. The minimum atomic E-state index is -0.427. The number of benzene rings is 3. The number of hydrogen-bond donors (Lipinski definition) is 0. The molecule has 0 bridgehead atoms. The van der Waals surface area contributed by atoms with E-state index in [-0.39, 0.29) is 11.8 Å². The summed E-state index contributed by atoms with van der Waals surface area (Å²) >= 11 is 0. The van der Waals surface area contributed by atoms with E-state index in [2.05, 4.69) is 0 Å². The maximum absolute atomic E-state index is 13.4. The lowest BCUT2D eigenvalue weighted by atomic mass is 10.0. The smallest absolute Gasteiger partial charge is 0.254 e. The van der Waals surface area contributed by atoms with Crippen LogP contribution in [0.4, 0.5) is 4.39 Å².